The molecular formula is C24H27B2N5O2. The first kappa shape index (κ1) is 21.5. The Morgan fingerprint density at radius 3 is 2.82 bits per heavy atom. The standard InChI is InChI=1S/C24H27B2N5O2/c25-24(26,28-14-15-4-3-5-15)20-11-17-8-7-16(10-18(17)29-20)13-27-23(33)19-12-22(32)31-9-2-1-6-21(31)30-19/h1-2,6-12,15,28-29H,3-5,13-14,25-26H2,(H,27,33). The predicted molar refractivity (Wildman–Crippen MR) is 135 cm³/mol. The summed E-state index contributed by atoms with van der Waals surface area (Å²) in [4.78, 5) is 32.7. The SMILES string of the molecule is BC(B)(NCC1CCC1)c1cc2ccc(CNC(=O)c3cc(=O)n4ccccc4n3)cc2[nH]1. The van der Waals surface area contributed by atoms with Crippen LogP contribution in [0.2, 0.25) is 0 Å². The van der Waals surface area contributed by atoms with Crippen molar-refractivity contribution in [2.45, 2.75) is 31.1 Å². The lowest BCUT2D eigenvalue weighted by atomic mass is 9.59. The van der Waals surface area contributed by atoms with Crippen LogP contribution >= 0.6 is 0 Å². The first-order valence-corrected chi connectivity index (χ1v) is 11.5. The summed E-state index contributed by atoms with van der Waals surface area (Å²) in [7, 11) is 4.41. The smallest absolute Gasteiger partial charge is 0.270 e. The number of nitrogens with zero attached hydrogens (tertiary/aromatic N) is 2. The summed E-state index contributed by atoms with van der Waals surface area (Å²) in [5.74, 6) is 0.435. The van der Waals surface area contributed by atoms with Crippen molar-refractivity contribution < 1.29 is 4.79 Å². The van der Waals surface area contributed by atoms with Gasteiger partial charge in [0.1, 0.15) is 27.0 Å². The molecular weight excluding hydrogens is 412 g/mol. The number of hydrogen-bond acceptors (Lipinski definition) is 4. The molecule has 5 rings (SSSR count). The molecule has 4 aromatic rings. The van der Waals surface area contributed by atoms with Crippen molar-refractivity contribution in [2.24, 2.45) is 5.92 Å². The number of nitrogens with one attached hydrogen (secondary N) is 3. The molecule has 0 bridgehead atoms. The minimum absolute atomic E-state index is 0.119. The van der Waals surface area contributed by atoms with E-state index in [-0.39, 0.29) is 22.5 Å². The number of pyridine rings is 1. The molecule has 0 saturated heterocycles. The zero-order valence-corrected chi connectivity index (χ0v) is 19.0. The predicted octanol–water partition coefficient (Wildman–Crippen LogP) is 0.872. The maximum Gasteiger partial charge on any atom is 0.270 e. The lowest BCUT2D eigenvalue weighted by Gasteiger charge is -2.32. The molecule has 0 radical (unpaired) electrons. The van der Waals surface area contributed by atoms with Gasteiger partial charge in [-0.25, -0.2) is 4.98 Å². The Kier molecular flexibility index (Phi) is 5.58. The Hall–Kier alpha value is -3.32. The van der Waals surface area contributed by atoms with E-state index in [1.165, 1.54) is 29.7 Å². The van der Waals surface area contributed by atoms with E-state index in [0.717, 1.165) is 34.6 Å². The fourth-order valence-corrected chi connectivity index (χ4v) is 4.26. The van der Waals surface area contributed by atoms with Gasteiger partial charge in [0.15, 0.2) is 0 Å². The van der Waals surface area contributed by atoms with Crippen molar-refractivity contribution >= 4 is 38.1 Å². The monoisotopic (exact) mass is 439 g/mol. The van der Waals surface area contributed by atoms with Crippen molar-refractivity contribution in [2.75, 3.05) is 6.54 Å². The molecule has 3 heterocycles. The van der Waals surface area contributed by atoms with Gasteiger partial charge in [0.05, 0.1) is 0 Å². The number of carbonyl (C=O) groups excluding carboxylic acids is 1. The molecule has 3 aromatic heterocycles. The largest absolute Gasteiger partial charge is 0.358 e. The first-order chi connectivity index (χ1) is 15.9. The molecule has 0 unspecified atom stereocenters. The summed E-state index contributed by atoms with van der Waals surface area (Å²) in [6.45, 7) is 1.40. The normalized spacial score (nSPS) is 14.4. The molecule has 1 saturated carbocycles. The summed E-state index contributed by atoms with van der Waals surface area (Å²) in [6.07, 6.45) is 5.64. The van der Waals surface area contributed by atoms with Crippen LogP contribution in [-0.4, -0.2) is 42.5 Å². The van der Waals surface area contributed by atoms with E-state index in [2.05, 4.69) is 54.5 Å². The van der Waals surface area contributed by atoms with Crippen molar-refractivity contribution in [1.29, 1.82) is 0 Å². The highest BCUT2D eigenvalue weighted by Crippen LogP contribution is 2.27. The average molecular weight is 439 g/mol. The van der Waals surface area contributed by atoms with Crippen LogP contribution in [0.3, 0.4) is 0 Å². The molecule has 166 valence electrons. The van der Waals surface area contributed by atoms with Gasteiger partial charge in [0.25, 0.3) is 11.5 Å². The molecule has 33 heavy (non-hydrogen) atoms. The van der Waals surface area contributed by atoms with E-state index in [0.29, 0.717) is 12.2 Å². The van der Waals surface area contributed by atoms with Crippen LogP contribution in [0.5, 0.6) is 0 Å². The summed E-state index contributed by atoms with van der Waals surface area (Å²) >= 11 is 0. The quantitative estimate of drug-likeness (QED) is 0.373. The molecule has 7 nitrogen and oxygen atoms in total. The third-order valence-electron chi connectivity index (χ3n) is 6.67. The number of rotatable bonds is 7. The van der Waals surface area contributed by atoms with Gasteiger partial charge < -0.3 is 15.6 Å². The molecule has 1 aliphatic carbocycles. The third-order valence-corrected chi connectivity index (χ3v) is 6.67. The van der Waals surface area contributed by atoms with Gasteiger partial charge in [-0.2, -0.15) is 0 Å². The second-order valence-corrected chi connectivity index (χ2v) is 9.50. The molecule has 0 spiro atoms. The first-order valence-electron chi connectivity index (χ1n) is 11.5. The molecule has 0 aliphatic heterocycles. The Morgan fingerprint density at radius 2 is 2.03 bits per heavy atom. The number of H-pyrrole nitrogens is 1. The Balaban J connectivity index is 1.28. The van der Waals surface area contributed by atoms with Crippen LogP contribution in [0.4, 0.5) is 0 Å². The van der Waals surface area contributed by atoms with E-state index < -0.39 is 0 Å². The Labute approximate surface area is 193 Å². The second kappa shape index (κ2) is 8.56. The lowest BCUT2D eigenvalue weighted by Crippen LogP contribution is -2.46. The summed E-state index contributed by atoms with van der Waals surface area (Å²) in [5, 5.41) is 7.59. The number of aromatic nitrogens is 3. The van der Waals surface area contributed by atoms with Gasteiger partial charge in [-0.15, -0.1) is 0 Å². The van der Waals surface area contributed by atoms with Gasteiger partial charge >= 0.3 is 0 Å². The molecule has 1 fully saturated rings. The number of hydrogen-bond donors (Lipinski definition) is 3. The highest BCUT2D eigenvalue weighted by molar-refractivity contribution is 6.39. The minimum Gasteiger partial charge on any atom is -0.358 e. The lowest BCUT2D eigenvalue weighted by molar-refractivity contribution is 0.0946. The van der Waals surface area contributed by atoms with Gasteiger partial charge in [-0.3, -0.25) is 14.0 Å². The highest BCUT2D eigenvalue weighted by atomic mass is 16.2. The Morgan fingerprint density at radius 1 is 1.18 bits per heavy atom. The zero-order valence-electron chi connectivity index (χ0n) is 19.0. The molecule has 1 amide bonds. The van der Waals surface area contributed by atoms with Gasteiger partial charge in [0, 0.05) is 30.0 Å². The summed E-state index contributed by atoms with van der Waals surface area (Å²) in [5.41, 5.74) is 3.45. The maximum absolute atomic E-state index is 12.6. The van der Waals surface area contributed by atoms with Crippen molar-refractivity contribution in [1.82, 2.24) is 25.0 Å². The number of benzene rings is 1. The van der Waals surface area contributed by atoms with Crippen LogP contribution in [0.15, 0.2) is 59.5 Å². The number of fused-ring (bicyclic) bond motifs is 2. The van der Waals surface area contributed by atoms with Crippen LogP contribution in [-0.2, 0) is 11.9 Å². The van der Waals surface area contributed by atoms with E-state index in [1.54, 1.807) is 24.4 Å². The summed E-state index contributed by atoms with van der Waals surface area (Å²) in [6, 6.07) is 14.8. The van der Waals surface area contributed by atoms with Crippen LogP contribution in [0, 0.1) is 5.92 Å². The number of amides is 1. The number of carbonyl (C=O) groups is 1. The molecule has 3 N–H and O–H groups in total. The van der Waals surface area contributed by atoms with E-state index in [1.807, 2.05) is 6.07 Å². The minimum atomic E-state index is -0.368. The highest BCUT2D eigenvalue weighted by Gasteiger charge is 2.25. The van der Waals surface area contributed by atoms with Gasteiger partial charge in [-0.05, 0) is 65.9 Å². The average Bonchev–Trinajstić information content (AvgIpc) is 3.21. The van der Waals surface area contributed by atoms with E-state index >= 15 is 0 Å². The van der Waals surface area contributed by atoms with E-state index in [9.17, 15) is 9.59 Å². The fraction of sp³-hybridized carbons (Fsp3) is 0.292. The van der Waals surface area contributed by atoms with Crippen molar-refractivity contribution in [3.8, 4) is 0 Å². The fourth-order valence-electron chi connectivity index (χ4n) is 4.26. The van der Waals surface area contributed by atoms with Crippen LogP contribution in [0.1, 0.15) is 41.0 Å². The number of aromatic amines is 1. The zero-order chi connectivity index (χ0) is 23.0. The molecule has 0 atom stereocenters. The van der Waals surface area contributed by atoms with Gasteiger partial charge in [-0.1, -0.05) is 24.6 Å². The third kappa shape index (κ3) is 4.46. The van der Waals surface area contributed by atoms with E-state index in [4.69, 9.17) is 0 Å². The topological polar surface area (TPSA) is 91.3 Å². The summed E-state index contributed by atoms with van der Waals surface area (Å²) < 4.78 is 1.41. The molecule has 9 heteroatoms. The molecule has 1 aliphatic rings. The van der Waals surface area contributed by atoms with Gasteiger partial charge in [0.2, 0.25) is 0 Å². The van der Waals surface area contributed by atoms with Crippen molar-refractivity contribution in [3.05, 3.63) is 82.0 Å². The second-order valence-electron chi connectivity index (χ2n) is 9.50. The molecule has 1 aromatic carbocycles. The maximum atomic E-state index is 12.6. The van der Waals surface area contributed by atoms with Crippen LogP contribution in [0.25, 0.3) is 16.6 Å². The Bertz CT molecular complexity index is 1390. The van der Waals surface area contributed by atoms with Crippen molar-refractivity contribution in [3.63, 3.8) is 0 Å². The van der Waals surface area contributed by atoms with Crippen LogP contribution < -0.4 is 16.2 Å².